The molecule has 0 unspecified atom stereocenters. The molecule has 0 bridgehead atoms. The van der Waals surface area contributed by atoms with Crippen LogP contribution in [0.4, 0.5) is 17.1 Å². The maximum Gasteiger partial charge on any atom is 0.101 e. The number of rotatable bonds is 5. The Hall–Kier alpha value is -4.47. The first-order chi connectivity index (χ1) is 16.1. The van der Waals surface area contributed by atoms with Crippen molar-refractivity contribution in [1.82, 2.24) is 0 Å². The average Bonchev–Trinajstić information content (AvgIpc) is 2.87. The number of para-hydroxylation sites is 3. The van der Waals surface area contributed by atoms with Gasteiger partial charge in [-0.3, -0.25) is 0 Å². The molecule has 3 aromatic carbocycles. The minimum atomic E-state index is 0. The van der Waals surface area contributed by atoms with Gasteiger partial charge in [0.1, 0.15) is 18.2 Å². The maximum atomic E-state index is 8.88. The summed E-state index contributed by atoms with van der Waals surface area (Å²) in [6.45, 7) is 8.92. The maximum absolute atomic E-state index is 8.88. The van der Waals surface area contributed by atoms with Crippen molar-refractivity contribution in [2.75, 3.05) is 35.6 Å². The summed E-state index contributed by atoms with van der Waals surface area (Å²) < 4.78 is 0. The molecule has 3 aromatic rings. The third-order valence-corrected chi connectivity index (χ3v) is 4.62. The SMILES string of the molecule is C.CCN(CC)c1ccccc1C#N.CCNc1ccccc1C#N.N#Cc1ccccc1N. The van der Waals surface area contributed by atoms with Crippen molar-refractivity contribution >= 4 is 17.1 Å². The van der Waals surface area contributed by atoms with Crippen LogP contribution >= 0.6 is 0 Å². The Balaban J connectivity index is 0.000000481. The normalized spacial score (nSPS) is 8.59. The summed E-state index contributed by atoms with van der Waals surface area (Å²) in [5, 5.41) is 29.0. The van der Waals surface area contributed by atoms with E-state index in [-0.39, 0.29) is 7.43 Å². The summed E-state index contributed by atoms with van der Waals surface area (Å²) in [5.41, 5.74) is 9.90. The Morgan fingerprint density at radius 3 is 1.65 bits per heavy atom. The van der Waals surface area contributed by atoms with E-state index in [1.807, 2.05) is 55.5 Å². The molecule has 0 aliphatic carbocycles. The highest BCUT2D eigenvalue weighted by Crippen LogP contribution is 2.18. The average molecular weight is 455 g/mol. The summed E-state index contributed by atoms with van der Waals surface area (Å²) >= 11 is 0. The molecule has 176 valence electrons. The minimum absolute atomic E-state index is 0. The van der Waals surface area contributed by atoms with Gasteiger partial charge in [0.05, 0.1) is 28.1 Å². The Morgan fingerprint density at radius 2 is 1.18 bits per heavy atom. The summed E-state index contributed by atoms with van der Waals surface area (Å²) in [7, 11) is 0. The molecule has 3 N–H and O–H groups in total. The lowest BCUT2D eigenvalue weighted by atomic mass is 10.2. The lowest BCUT2D eigenvalue weighted by Crippen LogP contribution is -2.22. The molecular formula is C28H34N6. The molecule has 34 heavy (non-hydrogen) atoms. The first kappa shape index (κ1) is 29.5. The van der Waals surface area contributed by atoms with Crippen molar-refractivity contribution in [1.29, 1.82) is 15.8 Å². The standard InChI is InChI=1S/C11H14N2.C9H10N2.C7H6N2.CH4/c1-3-13(4-2)11-8-6-5-7-10(11)9-12;1-2-11-9-6-4-3-5-8(9)7-10;8-5-6-3-1-2-4-7(6)9;/h5-8H,3-4H2,1-2H3;3-6,11H,2H2,1H3;1-4H,9H2;1H4. The number of nitrogens with zero attached hydrogens (tertiary/aromatic N) is 4. The highest BCUT2D eigenvalue weighted by Gasteiger charge is 2.05. The lowest BCUT2D eigenvalue weighted by Gasteiger charge is -2.21. The van der Waals surface area contributed by atoms with Crippen LogP contribution in [0.2, 0.25) is 0 Å². The van der Waals surface area contributed by atoms with Crippen LogP contribution in [-0.2, 0) is 0 Å². The number of hydrogen-bond donors (Lipinski definition) is 2. The van der Waals surface area contributed by atoms with E-state index >= 15 is 0 Å². The van der Waals surface area contributed by atoms with Crippen molar-refractivity contribution in [3.8, 4) is 18.2 Å². The van der Waals surface area contributed by atoms with Crippen LogP contribution < -0.4 is 16.0 Å². The van der Waals surface area contributed by atoms with E-state index in [9.17, 15) is 0 Å². The molecule has 0 atom stereocenters. The molecule has 0 saturated heterocycles. The van der Waals surface area contributed by atoms with Crippen molar-refractivity contribution in [3.05, 3.63) is 89.5 Å². The van der Waals surface area contributed by atoms with E-state index in [1.54, 1.807) is 30.3 Å². The Morgan fingerprint density at radius 1 is 0.706 bits per heavy atom. The van der Waals surface area contributed by atoms with Gasteiger partial charge in [0.15, 0.2) is 0 Å². The minimum Gasteiger partial charge on any atom is -0.398 e. The zero-order valence-electron chi connectivity index (χ0n) is 19.4. The molecule has 6 nitrogen and oxygen atoms in total. The van der Waals surface area contributed by atoms with E-state index in [1.165, 1.54) is 0 Å². The van der Waals surface area contributed by atoms with E-state index in [0.717, 1.165) is 36.6 Å². The lowest BCUT2D eigenvalue weighted by molar-refractivity contribution is 0.864. The third-order valence-electron chi connectivity index (χ3n) is 4.62. The highest BCUT2D eigenvalue weighted by molar-refractivity contribution is 5.59. The molecule has 0 fully saturated rings. The number of nitrogens with one attached hydrogen (secondary N) is 1. The third kappa shape index (κ3) is 9.35. The van der Waals surface area contributed by atoms with E-state index in [0.29, 0.717) is 16.8 Å². The molecule has 0 saturated carbocycles. The second kappa shape index (κ2) is 17.1. The largest absolute Gasteiger partial charge is 0.398 e. The number of benzene rings is 3. The van der Waals surface area contributed by atoms with Crippen LogP contribution in [0.5, 0.6) is 0 Å². The van der Waals surface area contributed by atoms with Crippen LogP contribution in [-0.4, -0.2) is 19.6 Å². The predicted molar refractivity (Wildman–Crippen MR) is 142 cm³/mol. The van der Waals surface area contributed by atoms with Gasteiger partial charge in [-0.2, -0.15) is 15.8 Å². The smallest absolute Gasteiger partial charge is 0.101 e. The van der Waals surface area contributed by atoms with Gasteiger partial charge in [-0.1, -0.05) is 43.8 Å². The van der Waals surface area contributed by atoms with Gasteiger partial charge >= 0.3 is 0 Å². The monoisotopic (exact) mass is 454 g/mol. The molecule has 0 heterocycles. The predicted octanol–water partition coefficient (Wildman–Crippen LogP) is 6.17. The number of nitrogens with two attached hydrogens (primary N) is 1. The summed E-state index contributed by atoms with van der Waals surface area (Å²) in [6.07, 6.45) is 0. The van der Waals surface area contributed by atoms with E-state index in [2.05, 4.69) is 36.2 Å². The van der Waals surface area contributed by atoms with Gasteiger partial charge in [-0.05, 0) is 57.2 Å². The van der Waals surface area contributed by atoms with Gasteiger partial charge in [-0.15, -0.1) is 0 Å². The fourth-order valence-electron chi connectivity index (χ4n) is 2.93. The van der Waals surface area contributed by atoms with Gasteiger partial charge < -0.3 is 16.0 Å². The topological polar surface area (TPSA) is 113 Å². The quantitative estimate of drug-likeness (QED) is 0.446. The van der Waals surface area contributed by atoms with Crippen molar-refractivity contribution in [3.63, 3.8) is 0 Å². The molecule has 0 aromatic heterocycles. The molecule has 0 aliphatic heterocycles. The first-order valence-corrected chi connectivity index (χ1v) is 10.8. The number of nitriles is 3. The first-order valence-electron chi connectivity index (χ1n) is 10.8. The fraction of sp³-hybridized carbons (Fsp3) is 0.250. The van der Waals surface area contributed by atoms with Gasteiger partial charge in [0, 0.05) is 25.3 Å². The summed E-state index contributed by atoms with van der Waals surface area (Å²) in [4.78, 5) is 2.18. The number of nitrogen functional groups attached to an aromatic ring is 1. The Bertz CT molecular complexity index is 1110. The van der Waals surface area contributed by atoms with Crippen LogP contribution in [0.1, 0.15) is 44.9 Å². The highest BCUT2D eigenvalue weighted by atomic mass is 15.1. The second-order valence-corrected chi connectivity index (χ2v) is 6.69. The van der Waals surface area contributed by atoms with Crippen molar-refractivity contribution in [2.24, 2.45) is 0 Å². The van der Waals surface area contributed by atoms with Crippen LogP contribution in [0.3, 0.4) is 0 Å². The van der Waals surface area contributed by atoms with Crippen molar-refractivity contribution in [2.45, 2.75) is 28.2 Å². The zero-order valence-corrected chi connectivity index (χ0v) is 19.4. The van der Waals surface area contributed by atoms with Crippen molar-refractivity contribution < 1.29 is 0 Å². The van der Waals surface area contributed by atoms with Gasteiger partial charge in [-0.25, -0.2) is 0 Å². The second-order valence-electron chi connectivity index (χ2n) is 6.69. The molecule has 3 rings (SSSR count). The fourth-order valence-corrected chi connectivity index (χ4v) is 2.93. The number of hydrogen-bond acceptors (Lipinski definition) is 6. The molecule has 0 amide bonds. The molecule has 0 radical (unpaired) electrons. The van der Waals surface area contributed by atoms with Gasteiger partial charge in [0.25, 0.3) is 0 Å². The van der Waals surface area contributed by atoms with Crippen LogP contribution in [0.25, 0.3) is 0 Å². The summed E-state index contributed by atoms with van der Waals surface area (Å²) in [6, 6.07) is 28.5. The zero-order chi connectivity index (χ0) is 24.5. The Kier molecular flexibility index (Phi) is 14.9. The molecule has 0 aliphatic rings. The van der Waals surface area contributed by atoms with E-state index in [4.69, 9.17) is 21.5 Å². The van der Waals surface area contributed by atoms with Gasteiger partial charge in [0.2, 0.25) is 0 Å². The molecular weight excluding hydrogens is 420 g/mol. The van der Waals surface area contributed by atoms with Crippen LogP contribution in [0, 0.1) is 34.0 Å². The summed E-state index contributed by atoms with van der Waals surface area (Å²) in [5.74, 6) is 0. The Labute approximate surface area is 204 Å². The molecule has 0 spiro atoms. The molecule has 6 heteroatoms. The number of anilines is 3. The van der Waals surface area contributed by atoms with Crippen LogP contribution in [0.15, 0.2) is 72.8 Å². The van der Waals surface area contributed by atoms with E-state index < -0.39 is 0 Å².